The van der Waals surface area contributed by atoms with Crippen LogP contribution in [0.4, 0.5) is 0 Å². The van der Waals surface area contributed by atoms with Crippen LogP contribution in [0.3, 0.4) is 0 Å². The van der Waals surface area contributed by atoms with Crippen LogP contribution >= 0.6 is 0 Å². The van der Waals surface area contributed by atoms with E-state index in [4.69, 9.17) is 5.11 Å². The Morgan fingerprint density at radius 3 is 2.35 bits per heavy atom. The van der Waals surface area contributed by atoms with E-state index < -0.39 is 5.97 Å². The van der Waals surface area contributed by atoms with Crippen LogP contribution in [0, 0.1) is 11.3 Å². The van der Waals surface area contributed by atoms with Crippen LogP contribution < -0.4 is 0 Å². The summed E-state index contributed by atoms with van der Waals surface area (Å²) in [7, 11) is 0. The predicted octanol–water partition coefficient (Wildman–Crippen LogP) is 3.00. The van der Waals surface area contributed by atoms with Crippen molar-refractivity contribution in [2.75, 3.05) is 13.1 Å². The SMILES string of the molecule is CCN(CC(C)C(=O)O)C1CCC(C)(C)CC1. The van der Waals surface area contributed by atoms with Crippen molar-refractivity contribution in [3.05, 3.63) is 0 Å². The molecule has 1 N–H and O–H groups in total. The monoisotopic (exact) mass is 241 g/mol. The molecule has 1 saturated carbocycles. The van der Waals surface area contributed by atoms with Gasteiger partial charge in [0.1, 0.15) is 0 Å². The molecule has 1 aliphatic carbocycles. The molecule has 3 heteroatoms. The molecular formula is C14H27NO2. The van der Waals surface area contributed by atoms with Gasteiger partial charge in [-0.2, -0.15) is 0 Å². The van der Waals surface area contributed by atoms with Gasteiger partial charge in [-0.25, -0.2) is 0 Å². The molecule has 0 aromatic carbocycles. The smallest absolute Gasteiger partial charge is 0.307 e. The van der Waals surface area contributed by atoms with Crippen LogP contribution in [0.25, 0.3) is 0 Å². The van der Waals surface area contributed by atoms with E-state index in [-0.39, 0.29) is 5.92 Å². The lowest BCUT2D eigenvalue weighted by Gasteiger charge is -2.40. The second-order valence-corrected chi connectivity index (χ2v) is 6.22. The number of carbonyl (C=O) groups is 1. The molecule has 1 unspecified atom stereocenters. The van der Waals surface area contributed by atoms with Crippen molar-refractivity contribution >= 4 is 5.97 Å². The van der Waals surface area contributed by atoms with E-state index in [1.54, 1.807) is 6.92 Å². The van der Waals surface area contributed by atoms with Gasteiger partial charge in [0.05, 0.1) is 5.92 Å². The molecule has 1 rings (SSSR count). The number of carboxylic acids is 1. The summed E-state index contributed by atoms with van der Waals surface area (Å²) in [6.07, 6.45) is 4.95. The third kappa shape index (κ3) is 4.30. The molecule has 1 atom stereocenters. The number of rotatable bonds is 5. The molecule has 0 bridgehead atoms. The maximum atomic E-state index is 10.9. The molecule has 0 aromatic heterocycles. The van der Waals surface area contributed by atoms with Crippen molar-refractivity contribution in [2.45, 2.75) is 59.4 Å². The zero-order chi connectivity index (χ0) is 13.1. The summed E-state index contributed by atoms with van der Waals surface area (Å²) in [5, 5.41) is 8.98. The first kappa shape index (κ1) is 14.5. The summed E-state index contributed by atoms with van der Waals surface area (Å²) >= 11 is 0. The van der Waals surface area contributed by atoms with Crippen LogP contribution in [-0.2, 0) is 4.79 Å². The Morgan fingerprint density at radius 2 is 1.94 bits per heavy atom. The molecule has 0 spiro atoms. The van der Waals surface area contributed by atoms with Crippen LogP contribution in [0.2, 0.25) is 0 Å². The van der Waals surface area contributed by atoms with E-state index in [2.05, 4.69) is 25.7 Å². The Morgan fingerprint density at radius 1 is 1.41 bits per heavy atom. The lowest BCUT2D eigenvalue weighted by atomic mass is 9.75. The van der Waals surface area contributed by atoms with Gasteiger partial charge in [0, 0.05) is 12.6 Å². The largest absolute Gasteiger partial charge is 0.481 e. The van der Waals surface area contributed by atoms with Crippen molar-refractivity contribution in [3.8, 4) is 0 Å². The standard InChI is InChI=1S/C14H27NO2/c1-5-15(10-11(2)13(16)17)12-6-8-14(3,4)9-7-12/h11-12H,5-10H2,1-4H3,(H,16,17). The average Bonchev–Trinajstić information content (AvgIpc) is 2.26. The van der Waals surface area contributed by atoms with E-state index in [1.165, 1.54) is 25.7 Å². The van der Waals surface area contributed by atoms with Crippen LogP contribution in [0.1, 0.15) is 53.4 Å². The van der Waals surface area contributed by atoms with Gasteiger partial charge in [0.15, 0.2) is 0 Å². The van der Waals surface area contributed by atoms with Crippen LogP contribution in [-0.4, -0.2) is 35.1 Å². The Kier molecular flexibility index (Phi) is 4.99. The van der Waals surface area contributed by atoms with Gasteiger partial charge in [-0.1, -0.05) is 27.7 Å². The Bertz CT molecular complexity index is 253. The maximum Gasteiger partial charge on any atom is 0.307 e. The molecule has 100 valence electrons. The summed E-state index contributed by atoms with van der Waals surface area (Å²) in [4.78, 5) is 13.3. The molecule has 0 aromatic rings. The Labute approximate surface area is 105 Å². The van der Waals surface area contributed by atoms with Crippen molar-refractivity contribution in [1.29, 1.82) is 0 Å². The fraction of sp³-hybridized carbons (Fsp3) is 0.929. The third-order valence-corrected chi connectivity index (χ3v) is 4.16. The van der Waals surface area contributed by atoms with Gasteiger partial charge in [-0.3, -0.25) is 9.69 Å². The normalized spacial score (nSPS) is 22.6. The first-order valence-electron chi connectivity index (χ1n) is 6.82. The number of nitrogens with zero attached hydrogens (tertiary/aromatic N) is 1. The minimum absolute atomic E-state index is 0.259. The van der Waals surface area contributed by atoms with Gasteiger partial charge in [0.2, 0.25) is 0 Å². The molecule has 0 radical (unpaired) electrons. The highest BCUT2D eigenvalue weighted by Crippen LogP contribution is 2.36. The van der Waals surface area contributed by atoms with E-state index in [1.807, 2.05) is 0 Å². The Balaban J connectivity index is 2.49. The number of hydrogen-bond donors (Lipinski definition) is 1. The van der Waals surface area contributed by atoms with Gasteiger partial charge in [0.25, 0.3) is 0 Å². The molecule has 0 heterocycles. The van der Waals surface area contributed by atoms with Gasteiger partial charge in [-0.05, 0) is 37.6 Å². The highest BCUT2D eigenvalue weighted by atomic mass is 16.4. The van der Waals surface area contributed by atoms with Gasteiger partial charge in [-0.15, -0.1) is 0 Å². The van der Waals surface area contributed by atoms with Crippen molar-refractivity contribution < 1.29 is 9.90 Å². The van der Waals surface area contributed by atoms with Crippen molar-refractivity contribution in [1.82, 2.24) is 4.90 Å². The summed E-state index contributed by atoms with van der Waals surface area (Å²) in [5.41, 5.74) is 0.480. The molecule has 0 amide bonds. The highest BCUT2D eigenvalue weighted by molar-refractivity contribution is 5.69. The number of aliphatic carboxylic acids is 1. The van der Waals surface area contributed by atoms with Gasteiger partial charge < -0.3 is 5.11 Å². The van der Waals surface area contributed by atoms with E-state index in [0.29, 0.717) is 18.0 Å². The Hall–Kier alpha value is -0.570. The number of carboxylic acid groups (broad SMARTS) is 1. The molecule has 3 nitrogen and oxygen atoms in total. The molecular weight excluding hydrogens is 214 g/mol. The third-order valence-electron chi connectivity index (χ3n) is 4.16. The fourth-order valence-corrected chi connectivity index (χ4v) is 2.72. The van der Waals surface area contributed by atoms with E-state index in [0.717, 1.165) is 6.54 Å². The topological polar surface area (TPSA) is 40.5 Å². The minimum atomic E-state index is -0.681. The summed E-state index contributed by atoms with van der Waals surface area (Å²) in [5.74, 6) is -0.940. The second-order valence-electron chi connectivity index (χ2n) is 6.22. The molecule has 1 aliphatic rings. The van der Waals surface area contributed by atoms with Crippen molar-refractivity contribution in [2.24, 2.45) is 11.3 Å². The van der Waals surface area contributed by atoms with Crippen molar-refractivity contribution in [3.63, 3.8) is 0 Å². The number of hydrogen-bond acceptors (Lipinski definition) is 2. The maximum absolute atomic E-state index is 10.9. The van der Waals surface area contributed by atoms with Crippen LogP contribution in [0.5, 0.6) is 0 Å². The van der Waals surface area contributed by atoms with E-state index >= 15 is 0 Å². The zero-order valence-electron chi connectivity index (χ0n) is 11.7. The fourth-order valence-electron chi connectivity index (χ4n) is 2.72. The molecule has 1 fully saturated rings. The quantitative estimate of drug-likeness (QED) is 0.804. The second kappa shape index (κ2) is 5.85. The first-order chi connectivity index (χ1) is 7.85. The van der Waals surface area contributed by atoms with E-state index in [9.17, 15) is 4.79 Å². The molecule has 17 heavy (non-hydrogen) atoms. The summed E-state index contributed by atoms with van der Waals surface area (Å²) in [6.45, 7) is 10.3. The predicted molar refractivity (Wildman–Crippen MR) is 70.1 cm³/mol. The summed E-state index contributed by atoms with van der Waals surface area (Å²) < 4.78 is 0. The summed E-state index contributed by atoms with van der Waals surface area (Å²) in [6, 6.07) is 0.592. The molecule has 0 aliphatic heterocycles. The first-order valence-corrected chi connectivity index (χ1v) is 6.82. The van der Waals surface area contributed by atoms with Crippen LogP contribution in [0.15, 0.2) is 0 Å². The minimum Gasteiger partial charge on any atom is -0.481 e. The van der Waals surface area contributed by atoms with Gasteiger partial charge >= 0.3 is 5.97 Å². The zero-order valence-corrected chi connectivity index (χ0v) is 11.7. The molecule has 0 saturated heterocycles. The lowest BCUT2D eigenvalue weighted by molar-refractivity contribution is -0.142. The lowest BCUT2D eigenvalue weighted by Crippen LogP contribution is -2.42. The average molecular weight is 241 g/mol. The highest BCUT2D eigenvalue weighted by Gasteiger charge is 2.30.